The summed E-state index contributed by atoms with van der Waals surface area (Å²) in [6.45, 7) is 5.75. The van der Waals surface area contributed by atoms with E-state index in [9.17, 15) is 4.79 Å². The molecule has 1 atom stereocenters. The van der Waals surface area contributed by atoms with Crippen LogP contribution in [0.2, 0.25) is 0 Å². The van der Waals surface area contributed by atoms with Gasteiger partial charge in [-0.3, -0.25) is 4.79 Å². The second-order valence-corrected chi connectivity index (χ2v) is 5.03. The third kappa shape index (κ3) is 3.05. The third-order valence-corrected chi connectivity index (χ3v) is 3.11. The molecule has 0 saturated carbocycles. The van der Waals surface area contributed by atoms with Crippen molar-refractivity contribution in [3.63, 3.8) is 0 Å². The normalized spacial score (nSPS) is 12.6. The van der Waals surface area contributed by atoms with Gasteiger partial charge < -0.3 is 0 Å². The van der Waals surface area contributed by atoms with E-state index in [0.717, 1.165) is 5.56 Å². The maximum Gasteiger partial charge on any atom is 0.182 e. The van der Waals surface area contributed by atoms with Gasteiger partial charge in [-0.25, -0.2) is 4.68 Å². The maximum atomic E-state index is 11.4. The van der Waals surface area contributed by atoms with Gasteiger partial charge in [0.15, 0.2) is 5.82 Å². The van der Waals surface area contributed by atoms with E-state index in [1.807, 2.05) is 30.3 Å². The van der Waals surface area contributed by atoms with Gasteiger partial charge in [0.05, 0.1) is 6.04 Å². The Kier molecular flexibility index (Phi) is 4.04. The van der Waals surface area contributed by atoms with Crippen molar-refractivity contribution in [3.8, 4) is 11.4 Å². The SMILES string of the molecule is CC(=O)CC(C(C)C)n1nnnc1-c1ccccc1. The minimum Gasteiger partial charge on any atom is -0.300 e. The lowest BCUT2D eigenvalue weighted by Gasteiger charge is -2.20. The molecule has 0 fully saturated rings. The van der Waals surface area contributed by atoms with Gasteiger partial charge in [0, 0.05) is 12.0 Å². The molecule has 0 spiro atoms. The molecule has 5 heteroatoms. The molecule has 0 aliphatic carbocycles. The van der Waals surface area contributed by atoms with Crippen LogP contribution < -0.4 is 0 Å². The number of carbonyl (C=O) groups excluding carboxylic acids is 1. The molecule has 0 amide bonds. The van der Waals surface area contributed by atoms with Crippen LogP contribution >= 0.6 is 0 Å². The van der Waals surface area contributed by atoms with Crippen LogP contribution in [-0.4, -0.2) is 26.0 Å². The van der Waals surface area contributed by atoms with Gasteiger partial charge in [-0.2, -0.15) is 0 Å². The summed E-state index contributed by atoms with van der Waals surface area (Å²) in [7, 11) is 0. The molecule has 1 aromatic heterocycles. The van der Waals surface area contributed by atoms with Crippen molar-refractivity contribution in [1.82, 2.24) is 20.2 Å². The minimum atomic E-state index is -0.0114. The Hall–Kier alpha value is -2.04. The first-order valence-electron chi connectivity index (χ1n) is 6.42. The number of carbonyl (C=O) groups is 1. The molecule has 0 radical (unpaired) electrons. The average molecular weight is 258 g/mol. The summed E-state index contributed by atoms with van der Waals surface area (Å²) in [5, 5.41) is 11.9. The van der Waals surface area contributed by atoms with E-state index in [4.69, 9.17) is 0 Å². The number of tetrazole rings is 1. The lowest BCUT2D eigenvalue weighted by molar-refractivity contribution is -0.118. The van der Waals surface area contributed by atoms with Gasteiger partial charge in [-0.15, -0.1) is 5.10 Å². The van der Waals surface area contributed by atoms with Crippen molar-refractivity contribution < 1.29 is 4.79 Å². The van der Waals surface area contributed by atoms with E-state index in [0.29, 0.717) is 12.2 Å². The summed E-state index contributed by atoms with van der Waals surface area (Å²) in [4.78, 5) is 11.4. The number of aromatic nitrogens is 4. The Morgan fingerprint density at radius 3 is 2.53 bits per heavy atom. The predicted molar refractivity (Wildman–Crippen MR) is 72.4 cm³/mol. The van der Waals surface area contributed by atoms with E-state index in [2.05, 4.69) is 29.4 Å². The Balaban J connectivity index is 2.39. The molecular weight excluding hydrogens is 240 g/mol. The molecule has 0 aliphatic heterocycles. The van der Waals surface area contributed by atoms with Gasteiger partial charge in [0.2, 0.25) is 0 Å². The lowest BCUT2D eigenvalue weighted by Crippen LogP contribution is -2.20. The highest BCUT2D eigenvalue weighted by molar-refractivity contribution is 5.76. The third-order valence-electron chi connectivity index (χ3n) is 3.11. The largest absolute Gasteiger partial charge is 0.300 e. The number of hydrogen-bond donors (Lipinski definition) is 0. The van der Waals surface area contributed by atoms with Crippen LogP contribution in [0.3, 0.4) is 0 Å². The van der Waals surface area contributed by atoms with Crippen LogP contribution in [0.1, 0.15) is 33.2 Å². The highest BCUT2D eigenvalue weighted by Crippen LogP contribution is 2.26. The zero-order chi connectivity index (χ0) is 13.8. The fraction of sp³-hybridized carbons (Fsp3) is 0.429. The van der Waals surface area contributed by atoms with Crippen LogP contribution in [0.25, 0.3) is 11.4 Å². The molecule has 0 N–H and O–H groups in total. The smallest absolute Gasteiger partial charge is 0.182 e. The van der Waals surface area contributed by atoms with Crippen LogP contribution in [0, 0.1) is 5.92 Å². The topological polar surface area (TPSA) is 60.7 Å². The van der Waals surface area contributed by atoms with Crippen molar-refractivity contribution in [2.75, 3.05) is 0 Å². The van der Waals surface area contributed by atoms with E-state index in [1.165, 1.54) is 0 Å². The minimum absolute atomic E-state index is 0.0114. The van der Waals surface area contributed by atoms with Crippen molar-refractivity contribution in [2.24, 2.45) is 5.92 Å². The molecule has 5 nitrogen and oxygen atoms in total. The van der Waals surface area contributed by atoms with Crippen molar-refractivity contribution in [1.29, 1.82) is 0 Å². The molecule has 1 aromatic carbocycles. The van der Waals surface area contributed by atoms with Gasteiger partial charge in [0.25, 0.3) is 0 Å². The molecular formula is C14H18N4O. The number of hydrogen-bond acceptors (Lipinski definition) is 4. The highest BCUT2D eigenvalue weighted by atomic mass is 16.1. The summed E-state index contributed by atoms with van der Waals surface area (Å²) in [5.41, 5.74) is 0.960. The van der Waals surface area contributed by atoms with Gasteiger partial charge in [0.1, 0.15) is 5.78 Å². The zero-order valence-corrected chi connectivity index (χ0v) is 11.4. The lowest BCUT2D eigenvalue weighted by atomic mass is 9.99. The summed E-state index contributed by atoms with van der Waals surface area (Å²) in [6, 6.07) is 9.77. The highest BCUT2D eigenvalue weighted by Gasteiger charge is 2.22. The first-order valence-corrected chi connectivity index (χ1v) is 6.42. The van der Waals surface area contributed by atoms with Crippen LogP contribution in [0.15, 0.2) is 30.3 Å². The van der Waals surface area contributed by atoms with Gasteiger partial charge >= 0.3 is 0 Å². The van der Waals surface area contributed by atoms with Crippen LogP contribution in [-0.2, 0) is 4.79 Å². The van der Waals surface area contributed by atoms with E-state index < -0.39 is 0 Å². The molecule has 19 heavy (non-hydrogen) atoms. The predicted octanol–water partition coefficient (Wildman–Crippen LogP) is 2.52. The number of ketones is 1. The molecule has 0 bridgehead atoms. The van der Waals surface area contributed by atoms with Crippen molar-refractivity contribution in [3.05, 3.63) is 30.3 Å². The van der Waals surface area contributed by atoms with Gasteiger partial charge in [-0.1, -0.05) is 44.2 Å². The number of rotatable bonds is 5. The molecule has 1 heterocycles. The summed E-state index contributed by atoms with van der Waals surface area (Å²) in [6.07, 6.45) is 0.447. The van der Waals surface area contributed by atoms with Crippen molar-refractivity contribution in [2.45, 2.75) is 33.2 Å². The first kappa shape index (κ1) is 13.4. The van der Waals surface area contributed by atoms with E-state index in [1.54, 1.807) is 11.6 Å². The molecule has 1 unspecified atom stereocenters. The fourth-order valence-corrected chi connectivity index (χ4v) is 2.09. The molecule has 2 aromatic rings. The Bertz CT molecular complexity index is 548. The fourth-order valence-electron chi connectivity index (χ4n) is 2.09. The second kappa shape index (κ2) is 5.73. The summed E-state index contributed by atoms with van der Waals surface area (Å²) in [5.74, 6) is 1.14. The van der Waals surface area contributed by atoms with Gasteiger partial charge in [-0.05, 0) is 23.3 Å². The van der Waals surface area contributed by atoms with Crippen molar-refractivity contribution >= 4 is 5.78 Å². The molecule has 100 valence electrons. The standard InChI is InChI=1S/C14H18N4O/c1-10(2)13(9-11(3)19)18-14(15-16-17-18)12-7-5-4-6-8-12/h4-8,10,13H,9H2,1-3H3. The summed E-state index contributed by atoms with van der Waals surface area (Å²) < 4.78 is 1.77. The second-order valence-electron chi connectivity index (χ2n) is 5.03. The first-order chi connectivity index (χ1) is 9.09. The molecule has 2 rings (SSSR count). The number of Topliss-reactive ketones (excluding diaryl/α,β-unsaturated/α-hetero) is 1. The van der Waals surface area contributed by atoms with E-state index in [-0.39, 0.29) is 17.7 Å². The van der Waals surface area contributed by atoms with E-state index >= 15 is 0 Å². The van der Waals surface area contributed by atoms with Crippen LogP contribution in [0.5, 0.6) is 0 Å². The number of nitrogens with zero attached hydrogens (tertiary/aromatic N) is 4. The Labute approximate surface area is 112 Å². The average Bonchev–Trinajstić information content (AvgIpc) is 2.85. The molecule has 0 saturated heterocycles. The maximum absolute atomic E-state index is 11.4. The van der Waals surface area contributed by atoms with Crippen LogP contribution in [0.4, 0.5) is 0 Å². The Morgan fingerprint density at radius 2 is 1.95 bits per heavy atom. The quantitative estimate of drug-likeness (QED) is 0.826. The monoisotopic (exact) mass is 258 g/mol. The Morgan fingerprint density at radius 1 is 1.26 bits per heavy atom. The number of benzene rings is 1. The molecule has 0 aliphatic rings. The zero-order valence-electron chi connectivity index (χ0n) is 11.4. The summed E-state index contributed by atoms with van der Waals surface area (Å²) >= 11 is 0.